The van der Waals surface area contributed by atoms with Crippen LogP contribution in [0.4, 0.5) is 0 Å². The van der Waals surface area contributed by atoms with Crippen LogP contribution < -0.4 is 0 Å². The Morgan fingerprint density at radius 1 is 0.391 bits per heavy atom. The van der Waals surface area contributed by atoms with Gasteiger partial charge in [0.25, 0.3) is 0 Å². The van der Waals surface area contributed by atoms with Crippen molar-refractivity contribution >= 4 is 27.6 Å². The summed E-state index contributed by atoms with van der Waals surface area (Å²) in [5.74, 6) is -1.00. The molecule has 17 heteroatoms. The third-order valence-electron chi connectivity index (χ3n) is 10.7. The van der Waals surface area contributed by atoms with Crippen LogP contribution in [0, 0.1) is 0 Å². The average molecular weight is 959 g/mol. The lowest BCUT2D eigenvalue weighted by molar-refractivity contribution is -0.148. The minimum absolute atomic E-state index is 0.179. The summed E-state index contributed by atoms with van der Waals surface area (Å²) < 4.78 is 53.0. The van der Waals surface area contributed by atoms with Gasteiger partial charge in [0.2, 0.25) is 0 Å². The van der Waals surface area contributed by atoms with Gasteiger partial charge in [-0.3, -0.25) is 27.7 Å². The van der Waals surface area contributed by atoms with Crippen molar-refractivity contribution in [2.45, 2.75) is 238 Å². The minimum atomic E-state index is -4.78. The number of hydrogen-bond acceptors (Lipinski definition) is 13. The van der Waals surface area contributed by atoms with Crippen molar-refractivity contribution < 1.29 is 71.4 Å². The van der Waals surface area contributed by atoms with Crippen LogP contribution in [0.5, 0.6) is 0 Å². The lowest BCUT2D eigenvalue weighted by atomic mass is 10.0. The zero-order chi connectivity index (χ0) is 47.4. The molecule has 380 valence electrons. The molecule has 15 nitrogen and oxygen atoms in total. The SMILES string of the molecule is CCCCCCCC/C=C\CCCCCC(=O)OCC(O)COP(=O)(O)OCC(O)COP(=O)(O)OCC(O)COC(=O)CCCCCCCCCCCCCCCCCCCCC. The Labute approximate surface area is 387 Å². The maximum Gasteiger partial charge on any atom is 0.472 e. The molecule has 0 radical (unpaired) electrons. The number of carbonyl (C=O) groups is 2. The second kappa shape index (κ2) is 44.3. The first-order valence-corrected chi connectivity index (χ1v) is 28.0. The molecule has 0 bridgehead atoms. The lowest BCUT2D eigenvalue weighted by Crippen LogP contribution is -2.25. The predicted octanol–water partition coefficient (Wildman–Crippen LogP) is 11.5. The largest absolute Gasteiger partial charge is 0.472 e. The number of aliphatic hydroxyl groups is 3. The fourth-order valence-electron chi connectivity index (χ4n) is 6.80. The monoisotopic (exact) mass is 959 g/mol. The van der Waals surface area contributed by atoms with E-state index in [9.17, 15) is 43.8 Å². The molecular weight excluding hydrogens is 866 g/mol. The van der Waals surface area contributed by atoms with Crippen molar-refractivity contribution in [3.8, 4) is 0 Å². The molecule has 0 aliphatic rings. The van der Waals surface area contributed by atoms with Crippen LogP contribution in [0.1, 0.15) is 219 Å². The molecule has 0 aliphatic heterocycles. The summed E-state index contributed by atoms with van der Waals surface area (Å²) in [5, 5.41) is 30.0. The number of phosphoric acid groups is 2. The molecule has 0 amide bonds. The van der Waals surface area contributed by atoms with Gasteiger partial charge in [-0.15, -0.1) is 0 Å². The van der Waals surface area contributed by atoms with E-state index in [0.717, 1.165) is 44.9 Å². The van der Waals surface area contributed by atoms with Gasteiger partial charge in [-0.2, -0.15) is 0 Å². The molecule has 5 atom stereocenters. The van der Waals surface area contributed by atoms with E-state index in [4.69, 9.17) is 14.0 Å². The van der Waals surface area contributed by atoms with Crippen LogP contribution in [0.2, 0.25) is 0 Å². The Bertz CT molecular complexity index is 1210. The van der Waals surface area contributed by atoms with Crippen LogP contribution in [0.3, 0.4) is 0 Å². The Kier molecular flexibility index (Phi) is 43.5. The molecule has 0 aromatic heterocycles. The van der Waals surface area contributed by atoms with E-state index in [2.05, 4.69) is 39.6 Å². The Morgan fingerprint density at radius 3 is 0.922 bits per heavy atom. The van der Waals surface area contributed by atoms with E-state index in [1.807, 2.05) is 0 Å². The molecular formula is C47H92O15P2. The Morgan fingerprint density at radius 2 is 0.625 bits per heavy atom. The third-order valence-corrected chi connectivity index (χ3v) is 12.6. The quantitative estimate of drug-likeness (QED) is 0.0165. The standard InChI is InChI=1S/C47H92O15P2/c1-3-5-7-9-11-13-15-17-18-19-20-21-22-24-26-28-30-32-34-36-47(52)58-38-44(49)40-60-64(55,56)62-42-45(50)41-61-63(53,54)59-39-43(48)37-57-46(51)35-33-31-29-27-25-23-16-14-12-10-8-6-4-2/h23,25,43-45,48-50H,3-22,24,26-42H2,1-2H3,(H,53,54)(H,55,56)/b25-23-. The third kappa shape index (κ3) is 45.9. The number of ether oxygens (including phenoxy) is 2. The lowest BCUT2D eigenvalue weighted by Gasteiger charge is -2.19. The molecule has 0 heterocycles. The first kappa shape index (κ1) is 62.8. The molecule has 5 N–H and O–H groups in total. The molecule has 0 saturated heterocycles. The fraction of sp³-hybridized carbons (Fsp3) is 0.915. The van der Waals surface area contributed by atoms with Crippen molar-refractivity contribution in [2.24, 2.45) is 0 Å². The number of esters is 2. The molecule has 0 aromatic carbocycles. The first-order valence-electron chi connectivity index (χ1n) is 25.0. The van der Waals surface area contributed by atoms with Gasteiger partial charge in [0.15, 0.2) is 0 Å². The van der Waals surface area contributed by atoms with Gasteiger partial charge in [0.1, 0.15) is 31.5 Å². The highest BCUT2D eigenvalue weighted by Gasteiger charge is 2.28. The van der Waals surface area contributed by atoms with Crippen molar-refractivity contribution in [1.82, 2.24) is 0 Å². The summed E-state index contributed by atoms with van der Waals surface area (Å²) in [6.45, 7) is 0.433. The number of carbonyl (C=O) groups excluding carboxylic acids is 2. The van der Waals surface area contributed by atoms with Gasteiger partial charge in [-0.05, 0) is 38.5 Å². The summed E-state index contributed by atoms with van der Waals surface area (Å²) >= 11 is 0. The van der Waals surface area contributed by atoms with Crippen LogP contribution in [0.25, 0.3) is 0 Å². The van der Waals surface area contributed by atoms with Gasteiger partial charge in [0, 0.05) is 12.8 Å². The number of phosphoric ester groups is 2. The van der Waals surface area contributed by atoms with Crippen LogP contribution >= 0.6 is 15.6 Å². The van der Waals surface area contributed by atoms with E-state index < -0.39 is 85.5 Å². The smallest absolute Gasteiger partial charge is 0.463 e. The van der Waals surface area contributed by atoms with E-state index in [1.165, 1.54) is 135 Å². The summed E-state index contributed by atoms with van der Waals surface area (Å²) in [6.07, 6.45) is 36.3. The minimum Gasteiger partial charge on any atom is -0.463 e. The molecule has 0 saturated carbocycles. The zero-order valence-corrected chi connectivity index (χ0v) is 41.8. The fourth-order valence-corrected chi connectivity index (χ4v) is 8.39. The van der Waals surface area contributed by atoms with Crippen molar-refractivity contribution in [2.75, 3.05) is 39.6 Å². The predicted molar refractivity (Wildman–Crippen MR) is 252 cm³/mol. The van der Waals surface area contributed by atoms with Gasteiger partial charge in [-0.25, -0.2) is 9.13 Å². The van der Waals surface area contributed by atoms with Gasteiger partial charge in [0.05, 0.1) is 26.4 Å². The van der Waals surface area contributed by atoms with Crippen LogP contribution in [0.15, 0.2) is 12.2 Å². The Hall–Kier alpha value is -1.22. The molecule has 0 fully saturated rings. The molecule has 0 rings (SSSR count). The van der Waals surface area contributed by atoms with Gasteiger partial charge in [-0.1, -0.05) is 180 Å². The van der Waals surface area contributed by atoms with Gasteiger partial charge >= 0.3 is 27.6 Å². The van der Waals surface area contributed by atoms with E-state index >= 15 is 0 Å². The molecule has 5 unspecified atom stereocenters. The summed E-state index contributed by atoms with van der Waals surface area (Å²) in [6, 6.07) is 0. The number of hydrogen-bond donors (Lipinski definition) is 5. The van der Waals surface area contributed by atoms with Crippen LogP contribution in [-0.4, -0.2) is 95.0 Å². The van der Waals surface area contributed by atoms with Crippen molar-refractivity contribution in [3.05, 3.63) is 12.2 Å². The first-order chi connectivity index (χ1) is 30.8. The number of unbranched alkanes of at least 4 members (excludes halogenated alkanes) is 27. The van der Waals surface area contributed by atoms with Crippen LogP contribution in [-0.2, 0) is 46.3 Å². The molecule has 64 heavy (non-hydrogen) atoms. The topological polar surface area (TPSA) is 225 Å². The van der Waals surface area contributed by atoms with E-state index in [0.29, 0.717) is 12.8 Å². The highest BCUT2D eigenvalue weighted by Crippen LogP contribution is 2.45. The normalized spacial score (nSPS) is 15.2. The van der Waals surface area contributed by atoms with E-state index in [1.54, 1.807) is 0 Å². The highest BCUT2D eigenvalue weighted by atomic mass is 31.2. The molecule has 0 spiro atoms. The number of aliphatic hydroxyl groups excluding tert-OH is 3. The zero-order valence-electron chi connectivity index (χ0n) is 40.0. The van der Waals surface area contributed by atoms with Crippen molar-refractivity contribution in [1.29, 1.82) is 0 Å². The van der Waals surface area contributed by atoms with E-state index in [-0.39, 0.29) is 12.8 Å². The summed E-state index contributed by atoms with van der Waals surface area (Å²) in [4.78, 5) is 43.7. The highest BCUT2D eigenvalue weighted by molar-refractivity contribution is 7.47. The summed E-state index contributed by atoms with van der Waals surface area (Å²) in [7, 11) is -9.56. The molecule has 0 aromatic rings. The maximum absolute atomic E-state index is 12.2. The average Bonchev–Trinajstić information content (AvgIpc) is 3.27. The second-order valence-electron chi connectivity index (χ2n) is 17.2. The van der Waals surface area contributed by atoms with Gasteiger partial charge < -0.3 is 34.6 Å². The van der Waals surface area contributed by atoms with Crippen molar-refractivity contribution in [3.63, 3.8) is 0 Å². The maximum atomic E-state index is 12.2. The summed E-state index contributed by atoms with van der Waals surface area (Å²) in [5.41, 5.74) is 0. The number of allylic oxidation sites excluding steroid dienone is 2. The second-order valence-corrected chi connectivity index (χ2v) is 20.1. The number of rotatable bonds is 49. The Balaban J connectivity index is 3.84. The molecule has 0 aliphatic carbocycles.